The zero-order valence-electron chi connectivity index (χ0n) is 12.9. The van der Waals surface area contributed by atoms with Crippen LogP contribution in [0.15, 0.2) is 18.2 Å². The zero-order valence-corrected chi connectivity index (χ0v) is 12.9. The topological polar surface area (TPSA) is 32.7 Å². The molecule has 0 radical (unpaired) electrons. The highest BCUT2D eigenvalue weighted by molar-refractivity contribution is 5.56. The van der Waals surface area contributed by atoms with Crippen LogP contribution in [-0.2, 0) is 4.74 Å². The lowest BCUT2D eigenvalue weighted by Gasteiger charge is -2.48. The standard InChI is InChI=1S/C16H24FNO2/c1-11(19)14-12(17)7-6-8-13(14)18-9-15(2,3)20-16(4,5)10-18/h6-8,11,19H,9-10H2,1-5H3/t11-/m1/s1. The molecule has 1 aliphatic rings. The average molecular weight is 281 g/mol. The Morgan fingerprint density at radius 2 is 1.75 bits per heavy atom. The predicted octanol–water partition coefficient (Wildman–Crippen LogP) is 3.27. The predicted molar refractivity (Wildman–Crippen MR) is 78.5 cm³/mol. The van der Waals surface area contributed by atoms with Gasteiger partial charge in [-0.2, -0.15) is 0 Å². The minimum atomic E-state index is -0.833. The van der Waals surface area contributed by atoms with Crippen LogP contribution in [-0.4, -0.2) is 29.4 Å². The highest BCUT2D eigenvalue weighted by Crippen LogP contribution is 2.35. The number of aliphatic hydroxyl groups excluding tert-OH is 1. The molecular formula is C16H24FNO2. The van der Waals surface area contributed by atoms with E-state index in [9.17, 15) is 9.50 Å². The van der Waals surface area contributed by atoms with Crippen molar-refractivity contribution in [2.75, 3.05) is 18.0 Å². The van der Waals surface area contributed by atoms with E-state index in [1.165, 1.54) is 6.07 Å². The number of aliphatic hydroxyl groups is 1. The first-order valence-corrected chi connectivity index (χ1v) is 7.03. The van der Waals surface area contributed by atoms with Crippen LogP contribution in [0.3, 0.4) is 0 Å². The lowest BCUT2D eigenvalue weighted by atomic mass is 9.96. The molecule has 0 unspecified atom stereocenters. The van der Waals surface area contributed by atoms with E-state index < -0.39 is 6.10 Å². The first-order chi connectivity index (χ1) is 9.11. The van der Waals surface area contributed by atoms with E-state index in [1.54, 1.807) is 13.0 Å². The van der Waals surface area contributed by atoms with Crippen LogP contribution >= 0.6 is 0 Å². The Morgan fingerprint density at radius 3 is 2.25 bits per heavy atom. The van der Waals surface area contributed by atoms with Gasteiger partial charge in [0, 0.05) is 24.3 Å². The monoisotopic (exact) mass is 281 g/mol. The summed E-state index contributed by atoms with van der Waals surface area (Å²) in [6.45, 7) is 11.0. The maximum absolute atomic E-state index is 14.0. The van der Waals surface area contributed by atoms with Crippen LogP contribution in [0.1, 0.15) is 46.3 Å². The smallest absolute Gasteiger partial charge is 0.131 e. The summed E-state index contributed by atoms with van der Waals surface area (Å²) in [6, 6.07) is 4.94. The summed E-state index contributed by atoms with van der Waals surface area (Å²) < 4.78 is 20.1. The SMILES string of the molecule is C[C@@H](O)c1c(F)cccc1N1CC(C)(C)OC(C)(C)C1. The van der Waals surface area contributed by atoms with Gasteiger partial charge in [0.1, 0.15) is 5.82 Å². The molecule has 20 heavy (non-hydrogen) atoms. The van der Waals surface area contributed by atoms with Crippen molar-refractivity contribution in [1.82, 2.24) is 0 Å². The third kappa shape index (κ3) is 3.13. The van der Waals surface area contributed by atoms with Crippen molar-refractivity contribution in [3.8, 4) is 0 Å². The number of rotatable bonds is 2. The molecule has 0 bridgehead atoms. The van der Waals surface area contributed by atoms with Crippen molar-refractivity contribution in [2.24, 2.45) is 0 Å². The molecule has 112 valence electrons. The molecule has 3 nitrogen and oxygen atoms in total. The summed E-state index contributed by atoms with van der Waals surface area (Å²) >= 11 is 0. The molecule has 0 spiro atoms. The summed E-state index contributed by atoms with van der Waals surface area (Å²) in [4.78, 5) is 2.11. The van der Waals surface area contributed by atoms with Crippen LogP contribution in [0.25, 0.3) is 0 Å². The Bertz CT molecular complexity index is 481. The number of halogens is 1. The Hall–Kier alpha value is -1.13. The molecule has 1 aromatic carbocycles. The van der Waals surface area contributed by atoms with Gasteiger partial charge in [0.05, 0.1) is 17.3 Å². The van der Waals surface area contributed by atoms with E-state index in [2.05, 4.69) is 4.90 Å². The molecule has 0 aliphatic carbocycles. The second-order valence-electron chi connectivity index (χ2n) is 6.83. The number of ether oxygens (including phenoxy) is 1. The molecule has 1 aliphatic heterocycles. The van der Waals surface area contributed by atoms with Crippen LogP contribution in [0.2, 0.25) is 0 Å². The number of hydrogen-bond donors (Lipinski definition) is 1. The molecule has 1 aromatic rings. The van der Waals surface area contributed by atoms with E-state index >= 15 is 0 Å². The summed E-state index contributed by atoms with van der Waals surface area (Å²) in [6.07, 6.45) is -0.833. The fourth-order valence-corrected chi connectivity index (χ4v) is 3.17. The molecule has 1 atom stereocenters. The van der Waals surface area contributed by atoms with Crippen LogP contribution in [0.5, 0.6) is 0 Å². The van der Waals surface area contributed by atoms with E-state index in [0.29, 0.717) is 18.7 Å². The van der Waals surface area contributed by atoms with E-state index in [0.717, 1.165) is 5.69 Å². The maximum Gasteiger partial charge on any atom is 0.131 e. The number of benzene rings is 1. The highest BCUT2D eigenvalue weighted by Gasteiger charge is 2.39. The zero-order chi connectivity index (χ0) is 15.1. The molecular weight excluding hydrogens is 257 g/mol. The highest BCUT2D eigenvalue weighted by atomic mass is 19.1. The largest absolute Gasteiger partial charge is 0.389 e. The van der Waals surface area contributed by atoms with Crippen molar-refractivity contribution in [1.29, 1.82) is 0 Å². The summed E-state index contributed by atoms with van der Waals surface area (Å²) in [5.41, 5.74) is 0.485. The second kappa shape index (κ2) is 5.01. The normalized spacial score (nSPS) is 22.6. The lowest BCUT2D eigenvalue weighted by molar-refractivity contribution is -0.133. The van der Waals surface area contributed by atoms with Crippen LogP contribution in [0, 0.1) is 5.82 Å². The number of anilines is 1. The van der Waals surface area contributed by atoms with Gasteiger partial charge in [-0.05, 0) is 46.8 Å². The first kappa shape index (κ1) is 15.3. The third-order valence-electron chi connectivity index (χ3n) is 3.48. The number of hydrogen-bond acceptors (Lipinski definition) is 3. The molecule has 2 rings (SSSR count). The first-order valence-electron chi connectivity index (χ1n) is 7.03. The van der Waals surface area contributed by atoms with Gasteiger partial charge in [-0.1, -0.05) is 6.07 Å². The van der Waals surface area contributed by atoms with Gasteiger partial charge in [-0.25, -0.2) is 4.39 Å². The Kier molecular flexibility index (Phi) is 3.82. The van der Waals surface area contributed by atoms with E-state index in [-0.39, 0.29) is 17.0 Å². The van der Waals surface area contributed by atoms with Gasteiger partial charge in [-0.15, -0.1) is 0 Å². The Balaban J connectivity index is 2.43. The molecule has 1 N–H and O–H groups in total. The average Bonchev–Trinajstić information content (AvgIpc) is 2.23. The molecule has 1 saturated heterocycles. The van der Waals surface area contributed by atoms with Gasteiger partial charge in [-0.3, -0.25) is 0 Å². The van der Waals surface area contributed by atoms with E-state index in [1.807, 2.05) is 33.8 Å². The molecule has 4 heteroatoms. The maximum atomic E-state index is 14.0. The Labute approximate surface area is 120 Å². The molecule has 0 amide bonds. The summed E-state index contributed by atoms with van der Waals surface area (Å²) in [5.74, 6) is -0.361. The van der Waals surface area contributed by atoms with Crippen molar-refractivity contribution < 1.29 is 14.2 Å². The van der Waals surface area contributed by atoms with Gasteiger partial charge >= 0.3 is 0 Å². The van der Waals surface area contributed by atoms with Crippen molar-refractivity contribution in [3.05, 3.63) is 29.6 Å². The van der Waals surface area contributed by atoms with Crippen LogP contribution in [0.4, 0.5) is 10.1 Å². The van der Waals surface area contributed by atoms with Gasteiger partial charge in [0.15, 0.2) is 0 Å². The third-order valence-corrected chi connectivity index (χ3v) is 3.48. The minimum absolute atomic E-state index is 0.315. The van der Waals surface area contributed by atoms with Gasteiger partial charge in [0.25, 0.3) is 0 Å². The van der Waals surface area contributed by atoms with Gasteiger partial charge < -0.3 is 14.7 Å². The van der Waals surface area contributed by atoms with Crippen molar-refractivity contribution in [2.45, 2.75) is 51.9 Å². The number of morpholine rings is 1. The molecule has 1 fully saturated rings. The van der Waals surface area contributed by atoms with Gasteiger partial charge in [0.2, 0.25) is 0 Å². The van der Waals surface area contributed by atoms with E-state index in [4.69, 9.17) is 4.74 Å². The quantitative estimate of drug-likeness (QED) is 0.903. The fraction of sp³-hybridized carbons (Fsp3) is 0.625. The molecule has 1 heterocycles. The summed E-state index contributed by atoms with van der Waals surface area (Å²) in [5, 5.41) is 9.88. The molecule has 0 aromatic heterocycles. The summed E-state index contributed by atoms with van der Waals surface area (Å²) in [7, 11) is 0. The molecule has 0 saturated carbocycles. The minimum Gasteiger partial charge on any atom is -0.389 e. The van der Waals surface area contributed by atoms with Crippen molar-refractivity contribution in [3.63, 3.8) is 0 Å². The lowest BCUT2D eigenvalue weighted by Crippen LogP contribution is -2.57. The fourth-order valence-electron chi connectivity index (χ4n) is 3.17. The van der Waals surface area contributed by atoms with Crippen LogP contribution < -0.4 is 4.90 Å². The Morgan fingerprint density at radius 1 is 1.20 bits per heavy atom. The number of nitrogens with zero attached hydrogens (tertiary/aromatic N) is 1. The second-order valence-corrected chi connectivity index (χ2v) is 6.83. The van der Waals surface area contributed by atoms with Crippen molar-refractivity contribution >= 4 is 5.69 Å².